The molecule has 5 rings (SSSR count). The molecular weight excluding hydrogens is 470 g/mol. The van der Waals surface area contributed by atoms with Gasteiger partial charge in [0.1, 0.15) is 5.69 Å². The van der Waals surface area contributed by atoms with E-state index in [4.69, 9.17) is 9.72 Å². The number of para-hydroxylation sites is 1. The summed E-state index contributed by atoms with van der Waals surface area (Å²) in [4.78, 5) is 20.7. The summed E-state index contributed by atoms with van der Waals surface area (Å²) in [5, 5.41) is 1.11. The Kier molecular flexibility index (Phi) is 7.29. The lowest BCUT2D eigenvalue weighted by atomic mass is 9.79. The average Bonchev–Trinajstić information content (AvgIpc) is 3.38. The van der Waals surface area contributed by atoms with Gasteiger partial charge in [0.2, 0.25) is 5.60 Å². The highest BCUT2D eigenvalue weighted by Crippen LogP contribution is 2.51. The molecule has 1 aliphatic heterocycles. The fraction of sp³-hybridized carbons (Fsp3) is 0.394. The van der Waals surface area contributed by atoms with E-state index in [0.717, 1.165) is 73.1 Å². The number of nitrogens with zero attached hydrogens (tertiary/aromatic N) is 3. The lowest BCUT2D eigenvalue weighted by Crippen LogP contribution is -2.32. The predicted molar refractivity (Wildman–Crippen MR) is 155 cm³/mol. The molecule has 0 radical (unpaired) electrons. The molecule has 0 N–H and O–H groups in total. The van der Waals surface area contributed by atoms with Gasteiger partial charge in [0.25, 0.3) is 0 Å². The number of rotatable bonds is 10. The molecule has 0 fully saturated rings. The Bertz CT molecular complexity index is 1460. The monoisotopic (exact) mass is 509 g/mol. The molecule has 1 atom stereocenters. The SMILES string of the molecule is CCCCn1c(C)c(C2(c3ccc(N(CCC)CCC)cc3C)OC(=O)c3cccnc32)c2ccccc21. The number of aryl methyl sites for hydroxylation is 2. The number of pyridine rings is 1. The highest BCUT2D eigenvalue weighted by molar-refractivity contribution is 5.98. The van der Waals surface area contributed by atoms with Crippen molar-refractivity contribution in [2.24, 2.45) is 0 Å². The van der Waals surface area contributed by atoms with Gasteiger partial charge in [-0.25, -0.2) is 4.79 Å². The fourth-order valence-electron chi connectivity index (χ4n) is 6.21. The maximum absolute atomic E-state index is 13.4. The van der Waals surface area contributed by atoms with Gasteiger partial charge in [0, 0.05) is 59.2 Å². The quantitative estimate of drug-likeness (QED) is 0.207. The van der Waals surface area contributed by atoms with E-state index in [2.05, 4.69) is 86.6 Å². The molecule has 38 heavy (non-hydrogen) atoms. The van der Waals surface area contributed by atoms with Crippen LogP contribution in [0, 0.1) is 13.8 Å². The summed E-state index contributed by atoms with van der Waals surface area (Å²) in [5.74, 6) is -0.319. The van der Waals surface area contributed by atoms with Crippen LogP contribution >= 0.6 is 0 Å². The van der Waals surface area contributed by atoms with Gasteiger partial charge < -0.3 is 14.2 Å². The van der Waals surface area contributed by atoms with E-state index in [9.17, 15) is 4.79 Å². The summed E-state index contributed by atoms with van der Waals surface area (Å²) in [7, 11) is 0. The summed E-state index contributed by atoms with van der Waals surface area (Å²) in [6.07, 6.45) is 6.15. The molecule has 2 aromatic heterocycles. The number of hydrogen-bond donors (Lipinski definition) is 0. The van der Waals surface area contributed by atoms with Gasteiger partial charge in [0.05, 0.1) is 5.56 Å². The molecule has 0 saturated carbocycles. The second-order valence-electron chi connectivity index (χ2n) is 10.4. The third kappa shape index (κ3) is 4.09. The van der Waals surface area contributed by atoms with Crippen molar-refractivity contribution < 1.29 is 9.53 Å². The average molecular weight is 510 g/mol. The van der Waals surface area contributed by atoms with E-state index < -0.39 is 5.60 Å². The molecule has 0 bridgehead atoms. The Labute approximate surface area is 226 Å². The van der Waals surface area contributed by atoms with Crippen LogP contribution in [0.4, 0.5) is 5.69 Å². The number of unbranched alkanes of at least 4 members (excludes halogenated alkanes) is 1. The Morgan fingerprint density at radius 2 is 1.71 bits per heavy atom. The molecule has 0 amide bonds. The normalized spacial score (nSPS) is 16.6. The number of benzene rings is 2. The number of cyclic esters (lactones) is 1. The number of fused-ring (bicyclic) bond motifs is 2. The van der Waals surface area contributed by atoms with Crippen LogP contribution in [-0.4, -0.2) is 28.6 Å². The number of carbonyl (C=O) groups is 1. The van der Waals surface area contributed by atoms with Crippen LogP contribution in [0.1, 0.15) is 84.9 Å². The van der Waals surface area contributed by atoms with Crippen molar-refractivity contribution in [1.29, 1.82) is 0 Å². The lowest BCUT2D eigenvalue weighted by molar-refractivity contribution is 0.0244. The zero-order valence-corrected chi connectivity index (χ0v) is 23.4. The van der Waals surface area contributed by atoms with E-state index in [1.54, 1.807) is 6.20 Å². The van der Waals surface area contributed by atoms with Crippen molar-refractivity contribution in [3.05, 3.63) is 94.4 Å². The fourth-order valence-corrected chi connectivity index (χ4v) is 6.21. The zero-order valence-electron chi connectivity index (χ0n) is 23.4. The number of aromatic nitrogens is 2. The molecule has 0 saturated heterocycles. The first-order chi connectivity index (χ1) is 18.5. The summed E-state index contributed by atoms with van der Waals surface area (Å²) in [6.45, 7) is 13.9. The lowest BCUT2D eigenvalue weighted by Gasteiger charge is -2.32. The highest BCUT2D eigenvalue weighted by atomic mass is 16.6. The molecular formula is C33H39N3O2. The smallest absolute Gasteiger partial charge is 0.341 e. The zero-order chi connectivity index (χ0) is 26.9. The number of hydrogen-bond acceptors (Lipinski definition) is 4. The van der Waals surface area contributed by atoms with Crippen molar-refractivity contribution in [3.8, 4) is 0 Å². The molecule has 3 heterocycles. The third-order valence-corrected chi connectivity index (χ3v) is 7.87. The first-order valence-electron chi connectivity index (χ1n) is 14.1. The third-order valence-electron chi connectivity index (χ3n) is 7.87. The van der Waals surface area contributed by atoms with Crippen LogP contribution in [0.15, 0.2) is 60.8 Å². The van der Waals surface area contributed by atoms with Gasteiger partial charge in [-0.1, -0.05) is 51.5 Å². The van der Waals surface area contributed by atoms with Crippen LogP contribution in [0.5, 0.6) is 0 Å². The van der Waals surface area contributed by atoms with Crippen LogP contribution in [0.3, 0.4) is 0 Å². The first kappa shape index (κ1) is 26.0. The van der Waals surface area contributed by atoms with E-state index in [1.807, 2.05) is 12.1 Å². The largest absolute Gasteiger partial charge is 0.439 e. The maximum atomic E-state index is 13.4. The van der Waals surface area contributed by atoms with Crippen molar-refractivity contribution in [1.82, 2.24) is 9.55 Å². The Hall–Kier alpha value is -3.60. The standard InChI is InChI=1S/C33H39N3O2/c1-6-9-21-36-24(5)30(26-13-10-11-15-29(26)36)33(31-27(32(37)38-33)14-12-18-34-31)28-17-16-25(22-23(28)4)35(19-7-2)20-8-3/h10-18,22H,6-9,19-21H2,1-5H3. The van der Waals surface area contributed by atoms with E-state index in [1.165, 1.54) is 11.2 Å². The molecule has 198 valence electrons. The second kappa shape index (κ2) is 10.6. The van der Waals surface area contributed by atoms with Gasteiger partial charge in [-0.2, -0.15) is 0 Å². The number of anilines is 1. The Morgan fingerprint density at radius 1 is 0.947 bits per heavy atom. The molecule has 2 aromatic carbocycles. The minimum atomic E-state index is -1.11. The highest BCUT2D eigenvalue weighted by Gasteiger charge is 2.53. The van der Waals surface area contributed by atoms with E-state index in [0.29, 0.717) is 11.3 Å². The van der Waals surface area contributed by atoms with Crippen molar-refractivity contribution in [2.45, 2.75) is 72.4 Å². The summed E-state index contributed by atoms with van der Waals surface area (Å²) >= 11 is 0. The first-order valence-corrected chi connectivity index (χ1v) is 14.1. The Morgan fingerprint density at radius 3 is 2.42 bits per heavy atom. The Balaban J connectivity index is 1.80. The number of ether oxygens (including phenoxy) is 1. The van der Waals surface area contributed by atoms with Crippen molar-refractivity contribution in [2.75, 3.05) is 18.0 Å². The second-order valence-corrected chi connectivity index (χ2v) is 10.4. The predicted octanol–water partition coefficient (Wildman–Crippen LogP) is 7.54. The number of esters is 1. The van der Waals surface area contributed by atoms with Crippen LogP contribution in [0.25, 0.3) is 10.9 Å². The number of carbonyl (C=O) groups excluding carboxylic acids is 1. The van der Waals surface area contributed by atoms with E-state index >= 15 is 0 Å². The van der Waals surface area contributed by atoms with Gasteiger partial charge in [-0.05, 0) is 69.0 Å². The topological polar surface area (TPSA) is 47.4 Å². The van der Waals surface area contributed by atoms with E-state index in [-0.39, 0.29) is 5.97 Å². The minimum absolute atomic E-state index is 0.319. The van der Waals surface area contributed by atoms with Crippen molar-refractivity contribution in [3.63, 3.8) is 0 Å². The summed E-state index contributed by atoms with van der Waals surface area (Å²) < 4.78 is 8.93. The molecule has 4 aromatic rings. The summed E-state index contributed by atoms with van der Waals surface area (Å²) in [6, 6.07) is 18.8. The maximum Gasteiger partial charge on any atom is 0.341 e. The summed E-state index contributed by atoms with van der Waals surface area (Å²) in [5.41, 5.74) is 6.69. The molecule has 1 unspecified atom stereocenters. The molecule has 1 aliphatic rings. The minimum Gasteiger partial charge on any atom is -0.439 e. The van der Waals surface area contributed by atoms with Gasteiger partial charge in [-0.15, -0.1) is 0 Å². The van der Waals surface area contributed by atoms with Gasteiger partial charge in [-0.3, -0.25) is 4.98 Å². The molecule has 0 aliphatic carbocycles. The molecule has 5 heteroatoms. The van der Waals surface area contributed by atoms with Gasteiger partial charge in [0.15, 0.2) is 0 Å². The van der Waals surface area contributed by atoms with Gasteiger partial charge >= 0.3 is 5.97 Å². The van der Waals surface area contributed by atoms with Crippen LogP contribution < -0.4 is 4.90 Å². The molecule has 5 nitrogen and oxygen atoms in total. The molecule has 0 spiro atoms. The van der Waals surface area contributed by atoms with Crippen LogP contribution in [-0.2, 0) is 16.9 Å². The van der Waals surface area contributed by atoms with Crippen molar-refractivity contribution >= 4 is 22.6 Å². The van der Waals surface area contributed by atoms with Crippen LogP contribution in [0.2, 0.25) is 0 Å².